The van der Waals surface area contributed by atoms with Gasteiger partial charge >= 0.3 is 0 Å². The molecule has 1 aliphatic heterocycles. The van der Waals surface area contributed by atoms with Crippen molar-refractivity contribution in [2.45, 2.75) is 12.6 Å². The van der Waals surface area contributed by atoms with E-state index in [1.807, 2.05) is 48.8 Å². The zero-order valence-corrected chi connectivity index (χ0v) is 31.1. The molecule has 57 heavy (non-hydrogen) atoms. The molecule has 5 heterocycles. The maximum absolute atomic E-state index is 5.62. The number of pyridine rings is 2. The summed E-state index contributed by atoms with van der Waals surface area (Å²) in [4.78, 5) is 20.4. The number of nitrogens with one attached hydrogen (secondary N) is 1. The molecule has 0 bridgehead atoms. The van der Waals surface area contributed by atoms with E-state index in [0.717, 1.165) is 72.2 Å². The van der Waals surface area contributed by atoms with Gasteiger partial charge in [0.2, 0.25) is 5.96 Å². The van der Waals surface area contributed by atoms with E-state index >= 15 is 0 Å². The summed E-state index contributed by atoms with van der Waals surface area (Å²) in [6.07, 6.45) is 3.66. The summed E-state index contributed by atoms with van der Waals surface area (Å²) in [6.45, 7) is 2.13. The fourth-order valence-electron chi connectivity index (χ4n) is 8.41. The quantitative estimate of drug-likeness (QED) is 0.191. The predicted molar refractivity (Wildman–Crippen MR) is 233 cm³/mol. The van der Waals surface area contributed by atoms with Crippen molar-refractivity contribution in [1.82, 2.24) is 24.4 Å². The van der Waals surface area contributed by atoms with E-state index in [9.17, 15) is 0 Å². The summed E-state index contributed by atoms with van der Waals surface area (Å²) in [5.41, 5.74) is 10.2. The van der Waals surface area contributed by atoms with Gasteiger partial charge in [0.1, 0.15) is 5.84 Å². The number of fused-ring (bicyclic) bond motifs is 7. The van der Waals surface area contributed by atoms with Crippen LogP contribution in [-0.2, 0) is 5.66 Å². The molecule has 0 spiro atoms. The Morgan fingerprint density at radius 1 is 0.474 bits per heavy atom. The topological polar surface area (TPSA) is 72.4 Å². The van der Waals surface area contributed by atoms with Gasteiger partial charge in [-0.3, -0.25) is 14.5 Å². The molecule has 11 rings (SSSR count). The lowest BCUT2D eigenvalue weighted by atomic mass is 9.96. The van der Waals surface area contributed by atoms with Gasteiger partial charge in [-0.1, -0.05) is 115 Å². The minimum Gasteiger partial charge on any atom is -0.342 e. The third kappa shape index (κ3) is 5.35. The van der Waals surface area contributed by atoms with E-state index in [2.05, 4.69) is 171 Å². The number of amidine groups is 1. The van der Waals surface area contributed by atoms with Crippen LogP contribution >= 0.6 is 0 Å². The number of aromatic nitrogens is 4. The van der Waals surface area contributed by atoms with Gasteiger partial charge < -0.3 is 9.88 Å². The number of hydrogen-bond donors (Lipinski definition) is 1. The van der Waals surface area contributed by atoms with E-state index in [1.165, 1.54) is 10.8 Å². The SMILES string of the molecule is CC1(c2cccc(-c3ccccn3)c2)N=C(n2c3ccccc3c3ccc4c5ccccc5n(-c5ccccc5)c4c32)N=C(c2cccc(-c3ccccn3)c2)N1. The smallest absolute Gasteiger partial charge is 0.234 e. The maximum atomic E-state index is 5.62. The first-order valence-electron chi connectivity index (χ1n) is 19.1. The number of para-hydroxylation sites is 3. The summed E-state index contributed by atoms with van der Waals surface area (Å²) in [5.74, 6) is 1.30. The van der Waals surface area contributed by atoms with Gasteiger partial charge in [-0.15, -0.1) is 0 Å². The standard InChI is InChI=1S/C50H35N7/c1-50(36-18-14-16-34(32-36)43-24-10-12-30-52-43)54-48(35-17-13-15-33(31-35)42-23-9-11-29-51-42)53-49(55-50)57-45-26-8-6-22-39(45)41-28-27-40-38-21-5-7-25-44(38)56(46(40)47(41)57)37-19-3-2-4-20-37/h2-32H,1H3,(H,53,54,55). The van der Waals surface area contributed by atoms with Crippen molar-refractivity contribution in [1.29, 1.82) is 0 Å². The largest absolute Gasteiger partial charge is 0.342 e. The molecule has 6 aromatic carbocycles. The van der Waals surface area contributed by atoms with Crippen molar-refractivity contribution in [3.63, 3.8) is 0 Å². The molecular formula is C50H35N7. The number of hydrogen-bond acceptors (Lipinski definition) is 5. The summed E-state index contributed by atoms with van der Waals surface area (Å²) in [6, 6.07) is 61.3. The van der Waals surface area contributed by atoms with Gasteiger partial charge in [-0.25, -0.2) is 4.99 Å². The van der Waals surface area contributed by atoms with E-state index < -0.39 is 5.66 Å². The molecule has 0 saturated carbocycles. The zero-order chi connectivity index (χ0) is 37.9. The Hall–Kier alpha value is -7.64. The van der Waals surface area contributed by atoms with Gasteiger partial charge in [0.15, 0.2) is 5.66 Å². The highest BCUT2D eigenvalue weighted by Gasteiger charge is 2.34. The zero-order valence-electron chi connectivity index (χ0n) is 31.1. The average molecular weight is 734 g/mol. The molecule has 1 aliphatic rings. The normalized spacial score (nSPS) is 15.5. The molecule has 0 radical (unpaired) electrons. The van der Waals surface area contributed by atoms with Crippen molar-refractivity contribution in [3.05, 3.63) is 199 Å². The highest BCUT2D eigenvalue weighted by Crippen LogP contribution is 2.41. The Morgan fingerprint density at radius 3 is 1.70 bits per heavy atom. The van der Waals surface area contributed by atoms with E-state index in [4.69, 9.17) is 9.98 Å². The van der Waals surface area contributed by atoms with Crippen LogP contribution in [0.25, 0.3) is 71.8 Å². The van der Waals surface area contributed by atoms with Crippen LogP contribution in [0.4, 0.5) is 0 Å². The third-order valence-electron chi connectivity index (χ3n) is 11.1. The van der Waals surface area contributed by atoms with Gasteiger partial charge in [0.05, 0.1) is 33.5 Å². The number of rotatable bonds is 5. The Morgan fingerprint density at radius 2 is 1.04 bits per heavy atom. The Labute approximate surface area is 329 Å². The lowest BCUT2D eigenvalue weighted by Crippen LogP contribution is -2.47. The van der Waals surface area contributed by atoms with Crippen LogP contribution < -0.4 is 5.32 Å². The Bertz CT molecular complexity index is 3220. The minimum absolute atomic E-state index is 0.585. The van der Waals surface area contributed by atoms with Crippen molar-refractivity contribution >= 4 is 55.4 Å². The molecule has 270 valence electrons. The molecule has 0 saturated heterocycles. The number of benzene rings is 6. The Balaban J connectivity index is 1.23. The second-order valence-electron chi connectivity index (χ2n) is 14.6. The van der Waals surface area contributed by atoms with Crippen LogP contribution in [0, 0.1) is 0 Å². The fourth-order valence-corrected chi connectivity index (χ4v) is 8.41. The van der Waals surface area contributed by atoms with Crippen molar-refractivity contribution < 1.29 is 0 Å². The van der Waals surface area contributed by atoms with E-state index in [0.29, 0.717) is 11.8 Å². The first-order valence-corrected chi connectivity index (χ1v) is 19.1. The second kappa shape index (κ2) is 13.0. The molecule has 0 fully saturated rings. The van der Waals surface area contributed by atoms with Crippen LogP contribution in [0.1, 0.15) is 18.1 Å². The summed E-state index contributed by atoms with van der Waals surface area (Å²) in [5, 5.41) is 8.43. The highest BCUT2D eigenvalue weighted by atomic mass is 15.3. The summed E-state index contributed by atoms with van der Waals surface area (Å²) < 4.78 is 4.66. The lowest BCUT2D eigenvalue weighted by molar-refractivity contribution is 0.452. The van der Waals surface area contributed by atoms with Crippen LogP contribution in [0.3, 0.4) is 0 Å². The first-order chi connectivity index (χ1) is 28.1. The van der Waals surface area contributed by atoms with Crippen LogP contribution in [-0.4, -0.2) is 30.9 Å². The molecule has 0 amide bonds. The lowest BCUT2D eigenvalue weighted by Gasteiger charge is -2.33. The highest BCUT2D eigenvalue weighted by molar-refractivity contribution is 6.26. The Kier molecular flexibility index (Phi) is 7.47. The van der Waals surface area contributed by atoms with Crippen molar-refractivity contribution in [2.75, 3.05) is 0 Å². The summed E-state index contributed by atoms with van der Waals surface area (Å²) in [7, 11) is 0. The van der Waals surface area contributed by atoms with Crippen molar-refractivity contribution in [2.24, 2.45) is 9.98 Å². The van der Waals surface area contributed by atoms with Crippen LogP contribution in [0.15, 0.2) is 198 Å². The number of aliphatic imine (C=N–C) groups is 2. The minimum atomic E-state index is -0.921. The molecule has 1 unspecified atom stereocenters. The molecule has 7 nitrogen and oxygen atoms in total. The predicted octanol–water partition coefficient (Wildman–Crippen LogP) is 11.1. The number of nitrogens with zero attached hydrogens (tertiary/aromatic N) is 6. The molecule has 0 aliphatic carbocycles. The summed E-state index contributed by atoms with van der Waals surface area (Å²) >= 11 is 0. The van der Waals surface area contributed by atoms with E-state index in [-0.39, 0.29) is 0 Å². The van der Waals surface area contributed by atoms with Crippen LogP contribution in [0.2, 0.25) is 0 Å². The monoisotopic (exact) mass is 733 g/mol. The molecule has 10 aromatic rings. The van der Waals surface area contributed by atoms with Crippen molar-refractivity contribution in [3.8, 4) is 28.2 Å². The maximum Gasteiger partial charge on any atom is 0.234 e. The van der Waals surface area contributed by atoms with Gasteiger partial charge in [-0.2, -0.15) is 4.99 Å². The van der Waals surface area contributed by atoms with E-state index in [1.54, 1.807) is 0 Å². The van der Waals surface area contributed by atoms with Gasteiger partial charge in [0.25, 0.3) is 0 Å². The second-order valence-corrected chi connectivity index (χ2v) is 14.6. The van der Waals surface area contributed by atoms with Crippen LogP contribution in [0.5, 0.6) is 0 Å². The molecule has 7 heteroatoms. The fraction of sp³-hybridized carbons (Fsp3) is 0.0400. The van der Waals surface area contributed by atoms with Gasteiger partial charge in [-0.05, 0) is 73.2 Å². The molecule has 1 N–H and O–H groups in total. The molecular weight excluding hydrogens is 699 g/mol. The first kappa shape index (κ1) is 32.8. The third-order valence-corrected chi connectivity index (χ3v) is 11.1. The van der Waals surface area contributed by atoms with Gasteiger partial charge in [0, 0.05) is 56.3 Å². The average Bonchev–Trinajstić information content (AvgIpc) is 3.80. The molecule has 4 aromatic heterocycles. The molecule has 1 atom stereocenters.